The minimum absolute atomic E-state index is 0.0393. The number of carboxylic acids is 1. The van der Waals surface area contributed by atoms with Gasteiger partial charge in [0.15, 0.2) is 5.82 Å². The van der Waals surface area contributed by atoms with Crippen LogP contribution in [0.25, 0.3) is 11.4 Å². The van der Waals surface area contributed by atoms with E-state index in [4.69, 9.17) is 9.84 Å². The monoisotopic (exact) mass is 288 g/mol. The summed E-state index contributed by atoms with van der Waals surface area (Å²) < 4.78 is 7.14. The Balaban J connectivity index is 1.83. The number of rotatable bonds is 5. The van der Waals surface area contributed by atoms with E-state index < -0.39 is 5.97 Å². The first-order valence-corrected chi connectivity index (χ1v) is 6.87. The number of ether oxygens (including phenoxy) is 1. The third-order valence-electron chi connectivity index (χ3n) is 3.49. The molecule has 1 aromatic carbocycles. The zero-order chi connectivity index (χ0) is 14.8. The molecular weight excluding hydrogens is 272 g/mol. The SMILES string of the molecule is CC(CC(=O)O)Cn1nnnc1-c1ccc2c(c1)CCO2. The summed E-state index contributed by atoms with van der Waals surface area (Å²) in [6, 6.07) is 5.89. The molecule has 0 saturated carbocycles. The second-order valence-electron chi connectivity index (χ2n) is 5.31. The van der Waals surface area contributed by atoms with Gasteiger partial charge >= 0.3 is 5.97 Å². The zero-order valence-electron chi connectivity index (χ0n) is 11.7. The Labute approximate surface area is 121 Å². The molecule has 0 fully saturated rings. The fraction of sp³-hybridized carbons (Fsp3) is 0.429. The van der Waals surface area contributed by atoms with E-state index in [1.165, 1.54) is 0 Å². The topological polar surface area (TPSA) is 90.1 Å². The van der Waals surface area contributed by atoms with E-state index in [9.17, 15) is 4.79 Å². The van der Waals surface area contributed by atoms with Gasteiger partial charge in [0, 0.05) is 24.9 Å². The zero-order valence-corrected chi connectivity index (χ0v) is 11.7. The molecule has 0 spiro atoms. The molecule has 0 aliphatic carbocycles. The smallest absolute Gasteiger partial charge is 0.303 e. The highest BCUT2D eigenvalue weighted by atomic mass is 16.5. The number of hydrogen-bond acceptors (Lipinski definition) is 5. The van der Waals surface area contributed by atoms with Gasteiger partial charge in [-0.25, -0.2) is 4.68 Å². The lowest BCUT2D eigenvalue weighted by atomic mass is 10.1. The highest BCUT2D eigenvalue weighted by Crippen LogP contribution is 2.29. The molecule has 2 aromatic rings. The molecule has 0 amide bonds. The molecule has 7 heteroatoms. The van der Waals surface area contributed by atoms with Crippen LogP contribution in [0.1, 0.15) is 18.9 Å². The van der Waals surface area contributed by atoms with Crippen molar-refractivity contribution < 1.29 is 14.6 Å². The summed E-state index contributed by atoms with van der Waals surface area (Å²) in [4.78, 5) is 10.7. The molecule has 1 N–H and O–H groups in total. The van der Waals surface area contributed by atoms with Crippen molar-refractivity contribution in [3.8, 4) is 17.1 Å². The van der Waals surface area contributed by atoms with Crippen LogP contribution >= 0.6 is 0 Å². The molecule has 1 unspecified atom stereocenters. The van der Waals surface area contributed by atoms with E-state index in [2.05, 4.69) is 15.5 Å². The third kappa shape index (κ3) is 2.86. The van der Waals surface area contributed by atoms with Crippen LogP contribution in [0.5, 0.6) is 5.75 Å². The van der Waals surface area contributed by atoms with Crippen LogP contribution in [-0.2, 0) is 17.8 Å². The van der Waals surface area contributed by atoms with Gasteiger partial charge in [-0.1, -0.05) is 6.92 Å². The van der Waals surface area contributed by atoms with E-state index in [1.54, 1.807) is 4.68 Å². The van der Waals surface area contributed by atoms with Crippen molar-refractivity contribution in [1.29, 1.82) is 0 Å². The van der Waals surface area contributed by atoms with Crippen LogP contribution in [0.2, 0.25) is 0 Å². The van der Waals surface area contributed by atoms with Crippen molar-refractivity contribution in [1.82, 2.24) is 20.2 Å². The second-order valence-corrected chi connectivity index (χ2v) is 5.31. The van der Waals surface area contributed by atoms with Crippen LogP contribution in [0.15, 0.2) is 18.2 Å². The molecule has 7 nitrogen and oxygen atoms in total. The Kier molecular flexibility index (Phi) is 3.55. The number of fused-ring (bicyclic) bond motifs is 1. The molecule has 110 valence electrons. The largest absolute Gasteiger partial charge is 0.493 e. The average molecular weight is 288 g/mol. The van der Waals surface area contributed by atoms with E-state index in [1.807, 2.05) is 25.1 Å². The molecular formula is C14H16N4O3. The summed E-state index contributed by atoms with van der Waals surface area (Å²) in [7, 11) is 0. The van der Waals surface area contributed by atoms with Crippen molar-refractivity contribution in [2.24, 2.45) is 5.92 Å². The van der Waals surface area contributed by atoms with Crippen LogP contribution in [0.3, 0.4) is 0 Å². The van der Waals surface area contributed by atoms with Gasteiger partial charge in [-0.15, -0.1) is 5.10 Å². The summed E-state index contributed by atoms with van der Waals surface area (Å²) in [6.45, 7) is 3.05. The number of carboxylic acid groups (broad SMARTS) is 1. The summed E-state index contributed by atoms with van der Waals surface area (Å²) >= 11 is 0. The quantitative estimate of drug-likeness (QED) is 0.894. The van der Waals surface area contributed by atoms with Gasteiger partial charge in [-0.2, -0.15) is 0 Å². The van der Waals surface area contributed by atoms with Gasteiger partial charge in [0.1, 0.15) is 5.75 Å². The third-order valence-corrected chi connectivity index (χ3v) is 3.49. The van der Waals surface area contributed by atoms with Crippen LogP contribution < -0.4 is 4.74 Å². The Morgan fingerprint density at radius 3 is 3.19 bits per heavy atom. The Bertz CT molecular complexity index is 668. The van der Waals surface area contributed by atoms with Crippen molar-refractivity contribution >= 4 is 5.97 Å². The highest BCUT2D eigenvalue weighted by Gasteiger charge is 2.17. The van der Waals surface area contributed by atoms with Gasteiger partial charge in [0.2, 0.25) is 0 Å². The number of tetrazole rings is 1. The molecule has 1 aliphatic heterocycles. The number of benzene rings is 1. The predicted molar refractivity (Wildman–Crippen MR) is 73.9 cm³/mol. The highest BCUT2D eigenvalue weighted by molar-refractivity contribution is 5.67. The van der Waals surface area contributed by atoms with Gasteiger partial charge in [-0.05, 0) is 40.1 Å². The number of nitrogens with zero attached hydrogens (tertiary/aromatic N) is 4. The first-order chi connectivity index (χ1) is 10.1. The van der Waals surface area contributed by atoms with E-state index in [0.717, 1.165) is 23.3 Å². The van der Waals surface area contributed by atoms with Crippen molar-refractivity contribution in [2.45, 2.75) is 26.3 Å². The molecule has 2 heterocycles. The Morgan fingerprint density at radius 2 is 2.38 bits per heavy atom. The lowest BCUT2D eigenvalue weighted by Gasteiger charge is -2.10. The maximum Gasteiger partial charge on any atom is 0.303 e. The normalized spacial score (nSPS) is 14.5. The minimum atomic E-state index is -0.813. The standard InChI is InChI=1S/C14H16N4O3/c1-9(6-13(19)20)8-18-14(15-16-17-18)11-2-3-12-10(7-11)4-5-21-12/h2-3,7,9H,4-6,8H2,1H3,(H,19,20). The number of aliphatic carboxylic acids is 1. The molecule has 0 bridgehead atoms. The molecule has 1 aromatic heterocycles. The first-order valence-electron chi connectivity index (χ1n) is 6.87. The Morgan fingerprint density at radius 1 is 1.52 bits per heavy atom. The summed E-state index contributed by atoms with van der Waals surface area (Å²) in [5.74, 6) is 0.716. The van der Waals surface area contributed by atoms with Gasteiger partial charge < -0.3 is 9.84 Å². The summed E-state index contributed by atoms with van der Waals surface area (Å²) in [5, 5.41) is 20.6. The number of hydrogen-bond donors (Lipinski definition) is 1. The molecule has 0 saturated heterocycles. The maximum absolute atomic E-state index is 10.7. The van der Waals surface area contributed by atoms with Crippen LogP contribution in [0, 0.1) is 5.92 Å². The molecule has 1 atom stereocenters. The fourth-order valence-electron chi connectivity index (χ4n) is 2.52. The number of aromatic nitrogens is 4. The lowest BCUT2D eigenvalue weighted by molar-refractivity contribution is -0.138. The summed E-state index contributed by atoms with van der Waals surface area (Å²) in [5.41, 5.74) is 2.08. The van der Waals surface area contributed by atoms with Crippen LogP contribution in [-0.4, -0.2) is 37.9 Å². The molecule has 0 radical (unpaired) electrons. The lowest BCUT2D eigenvalue weighted by Crippen LogP contribution is -2.14. The van der Waals surface area contributed by atoms with Crippen LogP contribution in [0.4, 0.5) is 0 Å². The fourth-order valence-corrected chi connectivity index (χ4v) is 2.52. The minimum Gasteiger partial charge on any atom is -0.493 e. The van der Waals surface area contributed by atoms with E-state index in [-0.39, 0.29) is 12.3 Å². The second kappa shape index (κ2) is 5.51. The predicted octanol–water partition coefficient (Wildman–Crippen LogP) is 1.39. The maximum atomic E-state index is 10.7. The van der Waals surface area contributed by atoms with Crippen molar-refractivity contribution in [3.05, 3.63) is 23.8 Å². The number of carbonyl (C=O) groups is 1. The van der Waals surface area contributed by atoms with E-state index in [0.29, 0.717) is 19.0 Å². The summed E-state index contributed by atoms with van der Waals surface area (Å²) in [6.07, 6.45) is 0.984. The average Bonchev–Trinajstić information content (AvgIpc) is 3.04. The molecule has 1 aliphatic rings. The van der Waals surface area contributed by atoms with Crippen molar-refractivity contribution in [3.63, 3.8) is 0 Å². The Hall–Kier alpha value is -2.44. The first kappa shape index (κ1) is 13.5. The van der Waals surface area contributed by atoms with Gasteiger partial charge in [0.25, 0.3) is 0 Å². The van der Waals surface area contributed by atoms with Gasteiger partial charge in [-0.3, -0.25) is 4.79 Å². The molecule has 3 rings (SSSR count). The van der Waals surface area contributed by atoms with Crippen molar-refractivity contribution in [2.75, 3.05) is 6.61 Å². The van der Waals surface area contributed by atoms with E-state index >= 15 is 0 Å². The molecule has 21 heavy (non-hydrogen) atoms. The van der Waals surface area contributed by atoms with Gasteiger partial charge in [0.05, 0.1) is 6.61 Å².